The number of aromatic hydroxyl groups is 1. The first kappa shape index (κ1) is 16.2. The van der Waals surface area contributed by atoms with Crippen molar-refractivity contribution in [3.05, 3.63) is 24.3 Å². The average Bonchev–Trinajstić information content (AvgIpc) is 2.43. The van der Waals surface area contributed by atoms with Gasteiger partial charge < -0.3 is 14.7 Å². The summed E-state index contributed by atoms with van der Waals surface area (Å²) in [5, 5.41) is 9.75. The SMILES string of the molecule is CC(C)OCCC1C(C)C(C)CCN1c1cccc(O)c1. The van der Waals surface area contributed by atoms with E-state index in [4.69, 9.17) is 4.74 Å². The maximum absolute atomic E-state index is 9.75. The second kappa shape index (κ2) is 7.17. The number of hydrogen-bond acceptors (Lipinski definition) is 3. The lowest BCUT2D eigenvalue weighted by Gasteiger charge is -2.45. The minimum atomic E-state index is 0.288. The Morgan fingerprint density at radius 2 is 2.10 bits per heavy atom. The third-order valence-corrected chi connectivity index (χ3v) is 4.76. The molecule has 0 amide bonds. The van der Waals surface area contributed by atoms with E-state index < -0.39 is 0 Å². The quantitative estimate of drug-likeness (QED) is 0.888. The molecule has 3 unspecified atom stereocenters. The van der Waals surface area contributed by atoms with Crippen LogP contribution in [0.3, 0.4) is 0 Å². The zero-order chi connectivity index (χ0) is 15.4. The molecule has 0 saturated carbocycles. The molecule has 3 atom stereocenters. The van der Waals surface area contributed by atoms with Gasteiger partial charge in [-0.15, -0.1) is 0 Å². The molecule has 3 heteroatoms. The summed E-state index contributed by atoms with van der Waals surface area (Å²) in [6.45, 7) is 10.7. The molecular formula is C18H29NO2. The molecule has 1 saturated heterocycles. The van der Waals surface area contributed by atoms with E-state index in [1.807, 2.05) is 12.1 Å². The molecule has 21 heavy (non-hydrogen) atoms. The Kier molecular flexibility index (Phi) is 5.51. The molecule has 2 rings (SSSR count). The number of phenols is 1. The van der Waals surface area contributed by atoms with Gasteiger partial charge in [0.05, 0.1) is 6.10 Å². The van der Waals surface area contributed by atoms with Crippen molar-refractivity contribution >= 4 is 5.69 Å². The summed E-state index contributed by atoms with van der Waals surface area (Å²) >= 11 is 0. The highest BCUT2D eigenvalue weighted by atomic mass is 16.5. The van der Waals surface area contributed by atoms with Crippen molar-refractivity contribution in [2.45, 2.75) is 52.7 Å². The van der Waals surface area contributed by atoms with Crippen LogP contribution in [0.2, 0.25) is 0 Å². The standard InChI is InChI=1S/C18H29NO2/c1-13(2)21-11-9-18-15(4)14(3)8-10-19(18)16-6-5-7-17(20)12-16/h5-7,12-15,18,20H,8-11H2,1-4H3. The Morgan fingerprint density at radius 1 is 1.33 bits per heavy atom. The predicted octanol–water partition coefficient (Wildman–Crippen LogP) is 4.06. The summed E-state index contributed by atoms with van der Waals surface area (Å²) in [5.41, 5.74) is 1.13. The van der Waals surface area contributed by atoms with Crippen LogP contribution in [0.15, 0.2) is 24.3 Å². The summed E-state index contributed by atoms with van der Waals surface area (Å²) < 4.78 is 5.76. The Morgan fingerprint density at radius 3 is 2.76 bits per heavy atom. The van der Waals surface area contributed by atoms with Crippen molar-refractivity contribution in [1.82, 2.24) is 0 Å². The maximum atomic E-state index is 9.75. The van der Waals surface area contributed by atoms with Crippen molar-refractivity contribution in [2.24, 2.45) is 11.8 Å². The van der Waals surface area contributed by atoms with Gasteiger partial charge in [-0.25, -0.2) is 0 Å². The van der Waals surface area contributed by atoms with E-state index in [0.717, 1.165) is 31.2 Å². The molecule has 1 N–H and O–H groups in total. The van der Waals surface area contributed by atoms with Crippen molar-refractivity contribution in [1.29, 1.82) is 0 Å². The average molecular weight is 291 g/mol. The number of phenolic OH excluding ortho intramolecular Hbond substituents is 1. The first-order chi connectivity index (χ1) is 9.99. The number of rotatable bonds is 5. The molecule has 0 bridgehead atoms. The van der Waals surface area contributed by atoms with E-state index in [0.29, 0.717) is 17.7 Å². The van der Waals surface area contributed by atoms with E-state index in [1.54, 1.807) is 6.07 Å². The lowest BCUT2D eigenvalue weighted by Crippen LogP contribution is -2.48. The third kappa shape index (κ3) is 4.13. The minimum Gasteiger partial charge on any atom is -0.508 e. The maximum Gasteiger partial charge on any atom is 0.117 e. The smallest absolute Gasteiger partial charge is 0.117 e. The van der Waals surface area contributed by atoms with Crippen molar-refractivity contribution < 1.29 is 9.84 Å². The van der Waals surface area contributed by atoms with Gasteiger partial charge in [0.25, 0.3) is 0 Å². The molecule has 0 aliphatic carbocycles. The lowest BCUT2D eigenvalue weighted by atomic mass is 9.80. The fourth-order valence-corrected chi connectivity index (χ4v) is 3.27. The van der Waals surface area contributed by atoms with Crippen molar-refractivity contribution in [3.8, 4) is 5.75 Å². The lowest BCUT2D eigenvalue weighted by molar-refractivity contribution is 0.0652. The number of nitrogens with zero attached hydrogens (tertiary/aromatic N) is 1. The molecule has 1 fully saturated rings. The summed E-state index contributed by atoms with van der Waals surface area (Å²) in [4.78, 5) is 2.45. The molecule has 1 heterocycles. The number of piperidine rings is 1. The Hall–Kier alpha value is -1.22. The molecule has 1 aromatic rings. The summed E-state index contributed by atoms with van der Waals surface area (Å²) in [7, 11) is 0. The van der Waals surface area contributed by atoms with Gasteiger partial charge in [-0.2, -0.15) is 0 Å². The molecule has 0 aromatic heterocycles. The van der Waals surface area contributed by atoms with Crippen LogP contribution in [0.5, 0.6) is 5.75 Å². The van der Waals surface area contributed by atoms with Crippen LogP contribution in [0.1, 0.15) is 40.5 Å². The summed E-state index contributed by atoms with van der Waals surface area (Å²) in [6, 6.07) is 8.11. The molecule has 118 valence electrons. The van der Waals surface area contributed by atoms with Crippen LogP contribution in [-0.4, -0.2) is 30.4 Å². The van der Waals surface area contributed by atoms with Gasteiger partial charge in [-0.1, -0.05) is 19.9 Å². The zero-order valence-corrected chi connectivity index (χ0v) is 13.7. The molecule has 1 aliphatic heterocycles. The normalized spacial score (nSPS) is 26.3. The van der Waals surface area contributed by atoms with Gasteiger partial charge in [0.2, 0.25) is 0 Å². The molecule has 0 radical (unpaired) electrons. The fourth-order valence-electron chi connectivity index (χ4n) is 3.27. The van der Waals surface area contributed by atoms with Crippen LogP contribution in [0, 0.1) is 11.8 Å². The Labute approximate surface area is 128 Å². The van der Waals surface area contributed by atoms with Crippen molar-refractivity contribution in [2.75, 3.05) is 18.1 Å². The second-order valence-corrected chi connectivity index (χ2v) is 6.61. The van der Waals surface area contributed by atoms with E-state index >= 15 is 0 Å². The first-order valence-corrected chi connectivity index (χ1v) is 8.16. The van der Waals surface area contributed by atoms with E-state index in [9.17, 15) is 5.11 Å². The Bertz CT molecular complexity index is 447. The van der Waals surface area contributed by atoms with E-state index in [-0.39, 0.29) is 6.10 Å². The molecule has 3 nitrogen and oxygen atoms in total. The van der Waals surface area contributed by atoms with Crippen LogP contribution < -0.4 is 4.90 Å². The van der Waals surface area contributed by atoms with Gasteiger partial charge in [-0.3, -0.25) is 0 Å². The van der Waals surface area contributed by atoms with E-state index in [2.05, 4.69) is 38.7 Å². The highest BCUT2D eigenvalue weighted by molar-refractivity contribution is 5.51. The summed E-state index contributed by atoms with van der Waals surface area (Å²) in [5.74, 6) is 1.72. The third-order valence-electron chi connectivity index (χ3n) is 4.76. The number of hydrogen-bond donors (Lipinski definition) is 1. The van der Waals surface area contributed by atoms with Crippen LogP contribution >= 0.6 is 0 Å². The van der Waals surface area contributed by atoms with Crippen LogP contribution in [-0.2, 0) is 4.74 Å². The zero-order valence-electron chi connectivity index (χ0n) is 13.7. The van der Waals surface area contributed by atoms with Crippen LogP contribution in [0.25, 0.3) is 0 Å². The first-order valence-electron chi connectivity index (χ1n) is 8.16. The number of benzene rings is 1. The van der Waals surface area contributed by atoms with Gasteiger partial charge in [0, 0.05) is 30.9 Å². The molecule has 0 spiro atoms. The van der Waals surface area contributed by atoms with Crippen molar-refractivity contribution in [3.63, 3.8) is 0 Å². The van der Waals surface area contributed by atoms with Crippen LogP contribution in [0.4, 0.5) is 5.69 Å². The number of anilines is 1. The van der Waals surface area contributed by atoms with Gasteiger partial charge in [-0.05, 0) is 50.7 Å². The van der Waals surface area contributed by atoms with Gasteiger partial charge in [0.1, 0.15) is 5.75 Å². The highest BCUT2D eigenvalue weighted by Gasteiger charge is 2.33. The largest absolute Gasteiger partial charge is 0.508 e. The molecule has 1 aromatic carbocycles. The topological polar surface area (TPSA) is 32.7 Å². The predicted molar refractivity (Wildman–Crippen MR) is 87.9 cm³/mol. The Balaban J connectivity index is 2.12. The van der Waals surface area contributed by atoms with Gasteiger partial charge in [0.15, 0.2) is 0 Å². The van der Waals surface area contributed by atoms with E-state index in [1.165, 1.54) is 6.42 Å². The summed E-state index contributed by atoms with van der Waals surface area (Å²) in [6.07, 6.45) is 2.54. The molecule has 1 aliphatic rings. The second-order valence-electron chi connectivity index (χ2n) is 6.61. The fraction of sp³-hybridized carbons (Fsp3) is 0.667. The highest BCUT2D eigenvalue weighted by Crippen LogP contribution is 2.35. The number of ether oxygens (including phenoxy) is 1. The molecular weight excluding hydrogens is 262 g/mol. The van der Waals surface area contributed by atoms with Gasteiger partial charge >= 0.3 is 0 Å². The minimum absolute atomic E-state index is 0.288. The monoisotopic (exact) mass is 291 g/mol.